The van der Waals surface area contributed by atoms with Crippen molar-refractivity contribution in [3.8, 4) is 0 Å². The SMILES string of the molecule is CC1(C)[C@@H]2CC[C@@]1(C)C(=O)[C@@H]2Br. The molecule has 0 amide bonds. The summed E-state index contributed by atoms with van der Waals surface area (Å²) in [6, 6.07) is 0. The molecule has 2 heteroatoms. The third-order valence-corrected chi connectivity index (χ3v) is 5.51. The lowest BCUT2D eigenvalue weighted by Gasteiger charge is -2.32. The van der Waals surface area contributed by atoms with Crippen molar-refractivity contribution in [1.29, 1.82) is 0 Å². The summed E-state index contributed by atoms with van der Waals surface area (Å²) in [5.74, 6) is 0.999. The van der Waals surface area contributed by atoms with Gasteiger partial charge in [0.1, 0.15) is 0 Å². The predicted molar refractivity (Wildman–Crippen MR) is 52.3 cm³/mol. The number of rotatable bonds is 0. The molecule has 0 aromatic rings. The molecule has 0 heterocycles. The van der Waals surface area contributed by atoms with E-state index in [1.54, 1.807) is 0 Å². The quantitative estimate of drug-likeness (QED) is 0.586. The molecule has 2 fully saturated rings. The number of ketones is 1. The Labute approximate surface area is 82.0 Å². The van der Waals surface area contributed by atoms with Gasteiger partial charge in [-0.1, -0.05) is 36.7 Å². The van der Waals surface area contributed by atoms with Crippen molar-refractivity contribution >= 4 is 21.7 Å². The maximum absolute atomic E-state index is 11.9. The Kier molecular flexibility index (Phi) is 1.56. The summed E-state index contributed by atoms with van der Waals surface area (Å²) in [6.07, 6.45) is 2.30. The average Bonchev–Trinajstić information content (AvgIpc) is 2.26. The fourth-order valence-corrected chi connectivity index (χ4v) is 4.41. The van der Waals surface area contributed by atoms with Crippen molar-refractivity contribution in [3.63, 3.8) is 0 Å². The first-order valence-corrected chi connectivity index (χ1v) is 5.51. The number of Topliss-reactive ketones (excluding diaryl/α,β-unsaturated/α-hetero) is 1. The largest absolute Gasteiger partial charge is 0.298 e. The number of halogens is 1. The number of carbonyl (C=O) groups is 1. The van der Waals surface area contributed by atoms with E-state index in [1.165, 1.54) is 6.42 Å². The molecule has 2 aliphatic carbocycles. The van der Waals surface area contributed by atoms with Crippen LogP contribution in [0.25, 0.3) is 0 Å². The van der Waals surface area contributed by atoms with Crippen LogP contribution in [0.3, 0.4) is 0 Å². The van der Waals surface area contributed by atoms with Crippen molar-refractivity contribution in [2.45, 2.75) is 38.4 Å². The Hall–Kier alpha value is 0.150. The highest BCUT2D eigenvalue weighted by Crippen LogP contribution is 2.65. The van der Waals surface area contributed by atoms with Crippen LogP contribution in [0.15, 0.2) is 0 Å². The Morgan fingerprint density at radius 1 is 1.42 bits per heavy atom. The lowest BCUT2D eigenvalue weighted by molar-refractivity contribution is -0.127. The summed E-state index contributed by atoms with van der Waals surface area (Å²) in [5.41, 5.74) is 0.157. The van der Waals surface area contributed by atoms with Gasteiger partial charge >= 0.3 is 0 Å². The van der Waals surface area contributed by atoms with E-state index in [0.29, 0.717) is 11.7 Å². The van der Waals surface area contributed by atoms with Crippen LogP contribution >= 0.6 is 15.9 Å². The van der Waals surface area contributed by atoms with Crippen LogP contribution < -0.4 is 0 Å². The summed E-state index contributed by atoms with van der Waals surface area (Å²) in [7, 11) is 0. The summed E-state index contributed by atoms with van der Waals surface area (Å²) < 4.78 is 0. The standard InChI is InChI=1S/C10H15BrO/c1-9(2)6-4-5-10(9,3)8(12)7(6)11/h6-7H,4-5H2,1-3H3/t6-,7-,10+/m1/s1. The molecule has 3 atom stereocenters. The zero-order valence-corrected chi connectivity index (χ0v) is 9.44. The van der Waals surface area contributed by atoms with E-state index in [4.69, 9.17) is 0 Å². The monoisotopic (exact) mass is 230 g/mol. The highest BCUT2D eigenvalue weighted by Gasteiger charge is 2.65. The first kappa shape index (κ1) is 8.74. The van der Waals surface area contributed by atoms with Gasteiger partial charge < -0.3 is 0 Å². The number of hydrogen-bond donors (Lipinski definition) is 0. The molecule has 2 saturated carbocycles. The first-order valence-electron chi connectivity index (χ1n) is 4.59. The van der Waals surface area contributed by atoms with E-state index in [0.717, 1.165) is 6.42 Å². The molecule has 68 valence electrons. The van der Waals surface area contributed by atoms with E-state index in [1.807, 2.05) is 0 Å². The van der Waals surface area contributed by atoms with Gasteiger partial charge in [0.25, 0.3) is 0 Å². The zero-order chi connectivity index (χ0) is 9.15. The maximum Gasteiger partial charge on any atom is 0.153 e. The number of fused-ring (bicyclic) bond motifs is 2. The van der Waals surface area contributed by atoms with E-state index < -0.39 is 0 Å². The second-order valence-corrected chi connectivity index (χ2v) is 5.95. The van der Waals surface area contributed by atoms with Crippen molar-refractivity contribution in [3.05, 3.63) is 0 Å². The molecule has 0 aliphatic heterocycles. The van der Waals surface area contributed by atoms with Crippen LogP contribution in [0.4, 0.5) is 0 Å². The van der Waals surface area contributed by atoms with Crippen LogP contribution in [-0.2, 0) is 4.79 Å². The highest BCUT2D eigenvalue weighted by molar-refractivity contribution is 9.10. The molecule has 0 radical (unpaired) electrons. The highest BCUT2D eigenvalue weighted by atomic mass is 79.9. The molecule has 0 spiro atoms. The van der Waals surface area contributed by atoms with Crippen LogP contribution in [0, 0.1) is 16.7 Å². The first-order chi connectivity index (χ1) is 5.41. The molecular formula is C10H15BrO. The Balaban J connectivity index is 2.50. The van der Waals surface area contributed by atoms with Crippen molar-refractivity contribution in [1.82, 2.24) is 0 Å². The zero-order valence-electron chi connectivity index (χ0n) is 7.86. The van der Waals surface area contributed by atoms with E-state index in [-0.39, 0.29) is 15.7 Å². The van der Waals surface area contributed by atoms with Gasteiger partial charge in [0, 0.05) is 5.41 Å². The van der Waals surface area contributed by atoms with Gasteiger partial charge in [-0.15, -0.1) is 0 Å². The molecule has 0 unspecified atom stereocenters. The van der Waals surface area contributed by atoms with Gasteiger partial charge in [-0.2, -0.15) is 0 Å². The van der Waals surface area contributed by atoms with Crippen LogP contribution in [0.5, 0.6) is 0 Å². The van der Waals surface area contributed by atoms with Crippen molar-refractivity contribution in [2.24, 2.45) is 16.7 Å². The lowest BCUT2D eigenvalue weighted by atomic mass is 9.70. The second kappa shape index (κ2) is 2.14. The second-order valence-electron chi connectivity index (χ2n) is 4.96. The average molecular weight is 231 g/mol. The molecular weight excluding hydrogens is 216 g/mol. The number of hydrogen-bond acceptors (Lipinski definition) is 1. The Bertz CT molecular complexity index is 246. The van der Waals surface area contributed by atoms with Crippen molar-refractivity contribution < 1.29 is 4.79 Å². The van der Waals surface area contributed by atoms with Crippen LogP contribution in [-0.4, -0.2) is 10.6 Å². The smallest absolute Gasteiger partial charge is 0.153 e. The van der Waals surface area contributed by atoms with Gasteiger partial charge in [-0.05, 0) is 24.2 Å². The fraction of sp³-hybridized carbons (Fsp3) is 0.900. The molecule has 2 aliphatic rings. The summed E-state index contributed by atoms with van der Waals surface area (Å²) >= 11 is 3.52. The molecule has 0 aromatic carbocycles. The predicted octanol–water partition coefficient (Wildman–Crippen LogP) is 2.78. The van der Waals surface area contributed by atoms with Gasteiger partial charge in [0.15, 0.2) is 5.78 Å². The third kappa shape index (κ3) is 0.688. The Morgan fingerprint density at radius 3 is 2.25 bits per heavy atom. The van der Waals surface area contributed by atoms with E-state index in [9.17, 15) is 4.79 Å². The van der Waals surface area contributed by atoms with Gasteiger partial charge in [0.05, 0.1) is 4.83 Å². The maximum atomic E-state index is 11.9. The number of alkyl halides is 1. The summed E-state index contributed by atoms with van der Waals surface area (Å²) in [6.45, 7) is 6.62. The van der Waals surface area contributed by atoms with Crippen LogP contribution in [0.2, 0.25) is 0 Å². The molecule has 12 heavy (non-hydrogen) atoms. The molecule has 2 bridgehead atoms. The third-order valence-electron chi connectivity index (χ3n) is 4.45. The Morgan fingerprint density at radius 2 is 2.00 bits per heavy atom. The van der Waals surface area contributed by atoms with Gasteiger partial charge in [-0.25, -0.2) is 0 Å². The molecule has 2 rings (SSSR count). The molecule has 1 nitrogen and oxygen atoms in total. The normalized spacial score (nSPS) is 50.2. The van der Waals surface area contributed by atoms with E-state index in [2.05, 4.69) is 36.7 Å². The van der Waals surface area contributed by atoms with Crippen molar-refractivity contribution in [2.75, 3.05) is 0 Å². The molecule has 0 aromatic heterocycles. The minimum absolute atomic E-state index is 0.0498. The molecule has 0 saturated heterocycles. The summed E-state index contributed by atoms with van der Waals surface area (Å²) in [4.78, 5) is 12.0. The molecule has 0 N–H and O–H groups in total. The van der Waals surface area contributed by atoms with Gasteiger partial charge in [-0.3, -0.25) is 4.79 Å². The minimum atomic E-state index is -0.0498. The van der Waals surface area contributed by atoms with Gasteiger partial charge in [0.2, 0.25) is 0 Å². The summed E-state index contributed by atoms with van der Waals surface area (Å²) in [5, 5.41) is 0. The number of carbonyl (C=O) groups excluding carboxylic acids is 1. The fourth-order valence-electron chi connectivity index (χ4n) is 2.98. The van der Waals surface area contributed by atoms with Crippen LogP contribution in [0.1, 0.15) is 33.6 Å². The topological polar surface area (TPSA) is 17.1 Å². The van der Waals surface area contributed by atoms with E-state index >= 15 is 0 Å². The lowest BCUT2D eigenvalue weighted by Crippen LogP contribution is -2.33. The minimum Gasteiger partial charge on any atom is -0.298 e.